The van der Waals surface area contributed by atoms with E-state index < -0.39 is 4.92 Å². The van der Waals surface area contributed by atoms with Gasteiger partial charge in [0, 0.05) is 12.1 Å². The lowest BCUT2D eigenvalue weighted by Gasteiger charge is -2.26. The SMILES string of the molecule is CCOC(=O)CC1COc2ccc([N+](=O)[O-])cc2N1. The number of nitro groups is 1. The van der Waals surface area contributed by atoms with E-state index in [0.717, 1.165) is 0 Å². The first-order valence-corrected chi connectivity index (χ1v) is 5.93. The monoisotopic (exact) mass is 266 g/mol. The van der Waals surface area contributed by atoms with Crippen molar-refractivity contribution in [2.75, 3.05) is 18.5 Å². The molecule has 2 rings (SSSR count). The summed E-state index contributed by atoms with van der Waals surface area (Å²) >= 11 is 0. The van der Waals surface area contributed by atoms with Crippen molar-refractivity contribution < 1.29 is 19.2 Å². The van der Waals surface area contributed by atoms with E-state index >= 15 is 0 Å². The highest BCUT2D eigenvalue weighted by molar-refractivity contribution is 5.72. The fourth-order valence-electron chi connectivity index (χ4n) is 1.85. The standard InChI is InChI=1S/C12H14N2O5/c1-2-18-12(15)5-8-7-19-11-4-3-9(14(16)17)6-10(11)13-8/h3-4,6,8,13H,2,5,7H2,1H3. The van der Waals surface area contributed by atoms with Crippen LogP contribution in [0.25, 0.3) is 0 Å². The number of fused-ring (bicyclic) bond motifs is 1. The van der Waals surface area contributed by atoms with Gasteiger partial charge in [0.25, 0.3) is 5.69 Å². The molecule has 1 aromatic carbocycles. The van der Waals surface area contributed by atoms with Crippen molar-refractivity contribution in [1.29, 1.82) is 0 Å². The third-order valence-corrected chi connectivity index (χ3v) is 2.69. The summed E-state index contributed by atoms with van der Waals surface area (Å²) in [5.74, 6) is 0.225. The summed E-state index contributed by atoms with van der Waals surface area (Å²) in [7, 11) is 0. The summed E-state index contributed by atoms with van der Waals surface area (Å²) in [6.45, 7) is 2.39. The zero-order chi connectivity index (χ0) is 13.8. The predicted octanol–water partition coefficient (Wildman–Crippen LogP) is 1.72. The normalized spacial score (nSPS) is 16.8. The second-order valence-electron chi connectivity index (χ2n) is 4.10. The number of carbonyl (C=O) groups excluding carboxylic acids is 1. The van der Waals surface area contributed by atoms with Gasteiger partial charge in [-0.15, -0.1) is 0 Å². The summed E-state index contributed by atoms with van der Waals surface area (Å²) < 4.78 is 10.3. The number of carbonyl (C=O) groups is 1. The van der Waals surface area contributed by atoms with Crippen LogP contribution >= 0.6 is 0 Å². The Balaban J connectivity index is 2.07. The van der Waals surface area contributed by atoms with Crippen LogP contribution in [0, 0.1) is 10.1 Å². The van der Waals surface area contributed by atoms with E-state index in [1.165, 1.54) is 12.1 Å². The molecule has 0 bridgehead atoms. The molecule has 0 aromatic heterocycles. The van der Waals surface area contributed by atoms with Crippen LogP contribution in [0.15, 0.2) is 18.2 Å². The number of nitrogens with zero attached hydrogens (tertiary/aromatic N) is 1. The van der Waals surface area contributed by atoms with Crippen LogP contribution < -0.4 is 10.1 Å². The third-order valence-electron chi connectivity index (χ3n) is 2.69. The summed E-state index contributed by atoms with van der Waals surface area (Å²) in [4.78, 5) is 21.6. The quantitative estimate of drug-likeness (QED) is 0.507. The molecule has 1 unspecified atom stereocenters. The number of anilines is 1. The van der Waals surface area contributed by atoms with E-state index in [-0.39, 0.29) is 24.1 Å². The maximum Gasteiger partial charge on any atom is 0.307 e. The van der Waals surface area contributed by atoms with Gasteiger partial charge in [-0.05, 0) is 13.0 Å². The van der Waals surface area contributed by atoms with Gasteiger partial charge >= 0.3 is 5.97 Å². The number of nitrogens with one attached hydrogen (secondary N) is 1. The van der Waals surface area contributed by atoms with Crippen LogP contribution in [0.4, 0.5) is 11.4 Å². The van der Waals surface area contributed by atoms with Gasteiger partial charge in [0.05, 0.1) is 29.7 Å². The molecule has 1 atom stereocenters. The molecule has 0 radical (unpaired) electrons. The van der Waals surface area contributed by atoms with E-state index in [1.807, 2.05) is 0 Å². The number of nitro benzene ring substituents is 1. The van der Waals surface area contributed by atoms with Crippen molar-refractivity contribution in [2.24, 2.45) is 0 Å². The van der Waals surface area contributed by atoms with Gasteiger partial charge in [-0.3, -0.25) is 14.9 Å². The number of hydrogen-bond acceptors (Lipinski definition) is 6. The fourth-order valence-corrected chi connectivity index (χ4v) is 1.85. The Bertz CT molecular complexity index is 503. The van der Waals surface area contributed by atoms with Crippen molar-refractivity contribution in [1.82, 2.24) is 0 Å². The number of non-ortho nitro benzene ring substituents is 1. The van der Waals surface area contributed by atoms with E-state index in [9.17, 15) is 14.9 Å². The average molecular weight is 266 g/mol. The molecule has 0 aliphatic carbocycles. The lowest BCUT2D eigenvalue weighted by atomic mass is 10.1. The number of hydrogen-bond donors (Lipinski definition) is 1. The highest BCUT2D eigenvalue weighted by Gasteiger charge is 2.23. The molecule has 0 amide bonds. The molecule has 1 N–H and O–H groups in total. The summed E-state index contributed by atoms with van der Waals surface area (Å²) in [5, 5.41) is 13.7. The molecule has 0 spiro atoms. The van der Waals surface area contributed by atoms with E-state index in [4.69, 9.17) is 9.47 Å². The van der Waals surface area contributed by atoms with Crippen molar-refractivity contribution in [2.45, 2.75) is 19.4 Å². The van der Waals surface area contributed by atoms with Gasteiger partial charge < -0.3 is 14.8 Å². The minimum absolute atomic E-state index is 0.0216. The lowest BCUT2D eigenvalue weighted by molar-refractivity contribution is -0.384. The highest BCUT2D eigenvalue weighted by Crippen LogP contribution is 2.32. The van der Waals surface area contributed by atoms with Gasteiger partial charge in [-0.25, -0.2) is 0 Å². The van der Waals surface area contributed by atoms with E-state index in [2.05, 4.69) is 5.32 Å². The van der Waals surface area contributed by atoms with Crippen LogP contribution in [0.1, 0.15) is 13.3 Å². The number of benzene rings is 1. The molecule has 102 valence electrons. The molecule has 1 aliphatic rings. The van der Waals surface area contributed by atoms with Gasteiger partial charge in [0.1, 0.15) is 12.4 Å². The van der Waals surface area contributed by atoms with Crippen LogP contribution in [-0.2, 0) is 9.53 Å². The van der Waals surface area contributed by atoms with Crippen LogP contribution in [-0.4, -0.2) is 30.1 Å². The molecule has 1 aromatic rings. The van der Waals surface area contributed by atoms with E-state index in [1.54, 1.807) is 13.0 Å². The summed E-state index contributed by atoms with van der Waals surface area (Å²) in [5.41, 5.74) is 0.501. The Morgan fingerprint density at radius 2 is 2.42 bits per heavy atom. The van der Waals surface area contributed by atoms with Crippen molar-refractivity contribution in [3.05, 3.63) is 28.3 Å². The lowest BCUT2D eigenvalue weighted by Crippen LogP contribution is -2.34. The molecule has 0 saturated carbocycles. The van der Waals surface area contributed by atoms with Gasteiger partial charge in [-0.2, -0.15) is 0 Å². The second-order valence-corrected chi connectivity index (χ2v) is 4.10. The molecular formula is C12H14N2O5. The van der Waals surface area contributed by atoms with Crippen molar-refractivity contribution >= 4 is 17.3 Å². The Hall–Kier alpha value is -2.31. The average Bonchev–Trinajstić information content (AvgIpc) is 2.38. The zero-order valence-corrected chi connectivity index (χ0v) is 10.4. The number of rotatable bonds is 4. The van der Waals surface area contributed by atoms with Gasteiger partial charge in [-0.1, -0.05) is 0 Å². The topological polar surface area (TPSA) is 90.7 Å². The number of ether oxygens (including phenoxy) is 2. The second kappa shape index (κ2) is 5.55. The molecule has 1 heterocycles. The maximum absolute atomic E-state index is 11.4. The molecule has 0 fully saturated rings. The zero-order valence-electron chi connectivity index (χ0n) is 10.4. The minimum atomic E-state index is -0.475. The van der Waals surface area contributed by atoms with Crippen LogP contribution in [0.2, 0.25) is 0 Å². The Kier molecular flexibility index (Phi) is 3.84. The molecule has 7 heteroatoms. The molecule has 7 nitrogen and oxygen atoms in total. The molecule has 1 aliphatic heterocycles. The van der Waals surface area contributed by atoms with Gasteiger partial charge in [0.15, 0.2) is 0 Å². The first-order chi connectivity index (χ1) is 9.10. The minimum Gasteiger partial charge on any atom is -0.489 e. The predicted molar refractivity (Wildman–Crippen MR) is 67.3 cm³/mol. The summed E-state index contributed by atoms with van der Waals surface area (Å²) in [6, 6.07) is 4.08. The van der Waals surface area contributed by atoms with E-state index in [0.29, 0.717) is 24.7 Å². The van der Waals surface area contributed by atoms with Crippen molar-refractivity contribution in [3.63, 3.8) is 0 Å². The Morgan fingerprint density at radius 1 is 1.63 bits per heavy atom. The first kappa shape index (κ1) is 13.1. The van der Waals surface area contributed by atoms with Crippen LogP contribution in [0.3, 0.4) is 0 Å². The molecular weight excluding hydrogens is 252 g/mol. The third kappa shape index (κ3) is 3.12. The number of esters is 1. The molecule has 0 saturated heterocycles. The van der Waals surface area contributed by atoms with Crippen LogP contribution in [0.5, 0.6) is 5.75 Å². The van der Waals surface area contributed by atoms with Crippen molar-refractivity contribution in [3.8, 4) is 5.75 Å². The largest absolute Gasteiger partial charge is 0.489 e. The van der Waals surface area contributed by atoms with Gasteiger partial charge in [0.2, 0.25) is 0 Å². The smallest absolute Gasteiger partial charge is 0.307 e. The summed E-state index contributed by atoms with van der Waals surface area (Å²) in [6.07, 6.45) is 0.163. The highest BCUT2D eigenvalue weighted by atomic mass is 16.6. The first-order valence-electron chi connectivity index (χ1n) is 5.93. The maximum atomic E-state index is 11.4. The Morgan fingerprint density at radius 3 is 3.11 bits per heavy atom. The fraction of sp³-hybridized carbons (Fsp3) is 0.417. The molecule has 19 heavy (non-hydrogen) atoms. The Labute approximate surface area is 109 Å².